The number of pyridine rings is 1. The van der Waals surface area contributed by atoms with Crippen LogP contribution in [0.4, 0.5) is 17.2 Å². The average Bonchev–Trinajstić information content (AvgIpc) is 3.14. The van der Waals surface area contributed by atoms with Crippen LogP contribution in [0.15, 0.2) is 42.5 Å². The molecule has 0 aliphatic rings. The number of nitrogen functional groups attached to an aromatic ring is 1. The highest BCUT2D eigenvalue weighted by molar-refractivity contribution is 6.07. The molecule has 0 saturated heterocycles. The molecule has 0 unspecified atom stereocenters. The van der Waals surface area contributed by atoms with Crippen LogP contribution < -0.4 is 16.4 Å². The molecular formula is C25H32N6O2. The number of ether oxygens (including phenoxy) is 1. The van der Waals surface area contributed by atoms with Crippen LogP contribution in [0, 0.1) is 0 Å². The Hall–Kier alpha value is -3.20. The monoisotopic (exact) mass is 448 g/mol. The molecule has 0 aliphatic heterocycles. The van der Waals surface area contributed by atoms with Crippen molar-refractivity contribution in [1.29, 1.82) is 0 Å². The lowest BCUT2D eigenvalue weighted by molar-refractivity contribution is 0.0582. The van der Waals surface area contributed by atoms with Crippen molar-refractivity contribution < 1.29 is 9.84 Å². The summed E-state index contributed by atoms with van der Waals surface area (Å²) in [7, 11) is 2.01. The van der Waals surface area contributed by atoms with Crippen LogP contribution in [0.25, 0.3) is 21.9 Å². The van der Waals surface area contributed by atoms with E-state index in [0.29, 0.717) is 37.6 Å². The third kappa shape index (κ3) is 4.64. The van der Waals surface area contributed by atoms with E-state index in [1.54, 1.807) is 13.8 Å². The number of hydrogen-bond donors (Lipinski definition) is 3. The second-order valence-electron chi connectivity index (χ2n) is 8.89. The van der Waals surface area contributed by atoms with E-state index in [2.05, 4.69) is 22.0 Å². The van der Waals surface area contributed by atoms with E-state index in [4.69, 9.17) is 21.2 Å². The molecule has 0 atom stereocenters. The maximum absolute atomic E-state index is 10.6. The largest absolute Gasteiger partial charge is 0.389 e. The van der Waals surface area contributed by atoms with Gasteiger partial charge in [-0.05, 0) is 56.7 Å². The van der Waals surface area contributed by atoms with Crippen molar-refractivity contribution >= 4 is 39.1 Å². The van der Waals surface area contributed by atoms with Gasteiger partial charge in [0.1, 0.15) is 17.9 Å². The van der Waals surface area contributed by atoms with Gasteiger partial charge in [0.25, 0.3) is 0 Å². The van der Waals surface area contributed by atoms with Gasteiger partial charge in [0, 0.05) is 37.0 Å². The van der Waals surface area contributed by atoms with Crippen LogP contribution in [0.5, 0.6) is 0 Å². The Morgan fingerprint density at radius 3 is 2.58 bits per heavy atom. The van der Waals surface area contributed by atoms with Crippen molar-refractivity contribution in [2.75, 3.05) is 24.3 Å². The van der Waals surface area contributed by atoms with Crippen LogP contribution in [-0.2, 0) is 24.4 Å². The van der Waals surface area contributed by atoms with Gasteiger partial charge in [0.05, 0.1) is 23.2 Å². The summed E-state index contributed by atoms with van der Waals surface area (Å²) in [5.41, 5.74) is 16.6. The summed E-state index contributed by atoms with van der Waals surface area (Å²) < 4.78 is 7.63. The molecule has 33 heavy (non-hydrogen) atoms. The highest BCUT2D eigenvalue weighted by atomic mass is 16.5. The fraction of sp³-hybridized carbons (Fsp3) is 0.360. The van der Waals surface area contributed by atoms with Crippen molar-refractivity contribution in [3.8, 4) is 0 Å². The number of nitrogens with zero attached hydrogens (tertiary/aromatic N) is 4. The molecule has 0 amide bonds. The van der Waals surface area contributed by atoms with Gasteiger partial charge in [-0.1, -0.05) is 12.1 Å². The molecule has 8 nitrogen and oxygen atoms in total. The second kappa shape index (κ2) is 8.97. The minimum absolute atomic E-state index is 0.334. The number of aliphatic hydroxyl groups is 1. The first-order valence-electron chi connectivity index (χ1n) is 11.1. The van der Waals surface area contributed by atoms with Gasteiger partial charge in [-0.3, -0.25) is 0 Å². The number of hydrogen-bond acceptors (Lipinski definition) is 7. The van der Waals surface area contributed by atoms with E-state index >= 15 is 0 Å². The number of anilines is 3. The summed E-state index contributed by atoms with van der Waals surface area (Å²) >= 11 is 0. The molecule has 174 valence electrons. The van der Waals surface area contributed by atoms with Crippen LogP contribution >= 0.6 is 0 Å². The molecule has 0 aliphatic carbocycles. The maximum atomic E-state index is 10.6. The zero-order valence-electron chi connectivity index (χ0n) is 19.7. The Morgan fingerprint density at radius 1 is 1.12 bits per heavy atom. The first-order chi connectivity index (χ1) is 15.7. The first kappa shape index (κ1) is 23.0. The normalized spacial score (nSPS) is 12.1. The molecule has 0 saturated carbocycles. The van der Waals surface area contributed by atoms with E-state index in [9.17, 15) is 5.11 Å². The Kier molecular flexibility index (Phi) is 6.25. The SMILES string of the molecule is CCOCc1nc2c(N)nc3cc(N(C)c4cccc(CN)c4)ccc3c2n1CC(C)(C)O. The summed E-state index contributed by atoms with van der Waals surface area (Å²) in [5, 5.41) is 11.5. The van der Waals surface area contributed by atoms with Crippen LogP contribution in [0.1, 0.15) is 32.2 Å². The molecule has 0 spiro atoms. The summed E-state index contributed by atoms with van der Waals surface area (Å²) in [4.78, 5) is 11.5. The molecule has 4 rings (SSSR count). The van der Waals surface area contributed by atoms with Crippen LogP contribution in [-0.4, -0.2) is 38.9 Å². The zero-order chi connectivity index (χ0) is 23.8. The fourth-order valence-corrected chi connectivity index (χ4v) is 4.06. The molecule has 8 heteroatoms. The number of nitrogens with two attached hydrogens (primary N) is 2. The van der Waals surface area contributed by atoms with E-state index in [1.807, 2.05) is 48.9 Å². The fourth-order valence-electron chi connectivity index (χ4n) is 4.06. The van der Waals surface area contributed by atoms with E-state index < -0.39 is 5.60 Å². The summed E-state index contributed by atoms with van der Waals surface area (Å²) in [6, 6.07) is 14.3. The molecular weight excluding hydrogens is 416 g/mol. The Labute approximate surface area is 193 Å². The Balaban J connectivity index is 1.87. The highest BCUT2D eigenvalue weighted by Gasteiger charge is 2.23. The topological polar surface area (TPSA) is 115 Å². The molecule has 0 radical (unpaired) electrons. The van der Waals surface area contributed by atoms with Gasteiger partial charge >= 0.3 is 0 Å². The Bertz CT molecular complexity index is 1290. The van der Waals surface area contributed by atoms with E-state index in [0.717, 1.165) is 39.2 Å². The third-order valence-corrected chi connectivity index (χ3v) is 5.67. The molecule has 0 bridgehead atoms. The number of aromatic nitrogens is 3. The minimum Gasteiger partial charge on any atom is -0.389 e. The summed E-state index contributed by atoms with van der Waals surface area (Å²) in [5.74, 6) is 1.07. The number of benzene rings is 2. The predicted molar refractivity (Wildman–Crippen MR) is 133 cm³/mol. The second-order valence-corrected chi connectivity index (χ2v) is 8.89. The number of rotatable bonds is 8. The Morgan fingerprint density at radius 2 is 1.88 bits per heavy atom. The van der Waals surface area contributed by atoms with Crippen molar-refractivity contribution in [2.45, 2.75) is 46.1 Å². The van der Waals surface area contributed by atoms with E-state index in [-0.39, 0.29) is 0 Å². The summed E-state index contributed by atoms with van der Waals surface area (Å²) in [6.45, 7) is 7.25. The van der Waals surface area contributed by atoms with Gasteiger partial charge in [-0.25, -0.2) is 9.97 Å². The molecule has 2 heterocycles. The summed E-state index contributed by atoms with van der Waals surface area (Å²) in [6.07, 6.45) is 0. The maximum Gasteiger partial charge on any atom is 0.152 e. The third-order valence-electron chi connectivity index (χ3n) is 5.67. The van der Waals surface area contributed by atoms with Gasteiger partial charge < -0.3 is 30.8 Å². The quantitative estimate of drug-likeness (QED) is 0.376. The lowest BCUT2D eigenvalue weighted by Gasteiger charge is -2.22. The van der Waals surface area contributed by atoms with Gasteiger partial charge in [-0.15, -0.1) is 0 Å². The van der Waals surface area contributed by atoms with Crippen LogP contribution in [0.2, 0.25) is 0 Å². The van der Waals surface area contributed by atoms with Crippen molar-refractivity contribution in [2.24, 2.45) is 5.73 Å². The molecule has 2 aromatic heterocycles. The van der Waals surface area contributed by atoms with Crippen molar-refractivity contribution in [3.63, 3.8) is 0 Å². The van der Waals surface area contributed by atoms with Gasteiger partial charge in [-0.2, -0.15) is 0 Å². The molecule has 5 N–H and O–H groups in total. The molecule has 4 aromatic rings. The molecule has 2 aromatic carbocycles. The van der Waals surface area contributed by atoms with Crippen molar-refractivity contribution in [1.82, 2.24) is 14.5 Å². The average molecular weight is 449 g/mol. The first-order valence-corrected chi connectivity index (χ1v) is 11.1. The number of fused-ring (bicyclic) bond motifs is 3. The molecule has 0 fully saturated rings. The van der Waals surface area contributed by atoms with E-state index in [1.165, 1.54) is 0 Å². The lowest BCUT2D eigenvalue weighted by atomic mass is 10.1. The van der Waals surface area contributed by atoms with Gasteiger partial charge in [0.15, 0.2) is 5.82 Å². The number of imidazole rings is 1. The van der Waals surface area contributed by atoms with Crippen LogP contribution in [0.3, 0.4) is 0 Å². The van der Waals surface area contributed by atoms with Crippen molar-refractivity contribution in [3.05, 3.63) is 53.9 Å². The zero-order valence-corrected chi connectivity index (χ0v) is 19.7. The highest BCUT2D eigenvalue weighted by Crippen LogP contribution is 2.33. The predicted octanol–water partition coefficient (Wildman–Crippen LogP) is 3.70. The minimum atomic E-state index is -0.937. The standard InChI is InChI=1S/C25H32N6O2/c1-5-33-14-21-29-22-23(31(21)15-25(2,3)32)19-10-9-18(12-20(19)28-24(22)27)30(4)17-8-6-7-16(11-17)13-26/h6-12,32H,5,13-15,26H2,1-4H3,(H2,27,28). The smallest absolute Gasteiger partial charge is 0.152 e. The lowest BCUT2D eigenvalue weighted by Crippen LogP contribution is -2.27. The van der Waals surface area contributed by atoms with Gasteiger partial charge in [0.2, 0.25) is 0 Å².